The molecule has 0 spiro atoms. The van der Waals surface area contributed by atoms with Gasteiger partial charge in [0.1, 0.15) is 0 Å². The molecule has 0 radical (unpaired) electrons. The van der Waals surface area contributed by atoms with Crippen LogP contribution in [-0.4, -0.2) is 67.9 Å². The van der Waals surface area contributed by atoms with Crippen LogP contribution in [0.2, 0.25) is 0 Å². The second kappa shape index (κ2) is 6.76. The van der Waals surface area contributed by atoms with E-state index in [1.165, 1.54) is 11.2 Å². The standard InChI is InChI=1S/C17H23N3O4S/c1-3-25(23,24)19-10-8-18(9-11-19)17(22)15-4-5-16-14(12-15)6-7-20(16)13(2)21/h4-5,12H,3,6-11H2,1-2H3. The predicted molar refractivity (Wildman–Crippen MR) is 95.1 cm³/mol. The first-order valence-corrected chi connectivity index (χ1v) is 10.1. The molecule has 0 unspecified atom stereocenters. The molecule has 0 aromatic heterocycles. The van der Waals surface area contributed by atoms with E-state index in [9.17, 15) is 18.0 Å². The van der Waals surface area contributed by atoms with E-state index >= 15 is 0 Å². The number of hydrogen-bond acceptors (Lipinski definition) is 4. The normalized spacial score (nSPS) is 18.3. The van der Waals surface area contributed by atoms with Gasteiger partial charge in [-0.15, -0.1) is 0 Å². The van der Waals surface area contributed by atoms with E-state index in [1.54, 1.807) is 22.8 Å². The maximum absolute atomic E-state index is 12.7. The van der Waals surface area contributed by atoms with Gasteiger partial charge in [-0.25, -0.2) is 8.42 Å². The van der Waals surface area contributed by atoms with Gasteiger partial charge in [-0.3, -0.25) is 9.59 Å². The summed E-state index contributed by atoms with van der Waals surface area (Å²) in [5, 5.41) is 0. The van der Waals surface area contributed by atoms with Gasteiger partial charge in [0.2, 0.25) is 15.9 Å². The number of carbonyl (C=O) groups excluding carboxylic acids is 2. The van der Waals surface area contributed by atoms with E-state index in [2.05, 4.69) is 0 Å². The van der Waals surface area contributed by atoms with Crippen LogP contribution in [0.4, 0.5) is 5.69 Å². The fourth-order valence-electron chi connectivity index (χ4n) is 3.40. The first-order valence-electron chi connectivity index (χ1n) is 8.51. The number of nitrogens with zero attached hydrogens (tertiary/aromatic N) is 3. The second-order valence-corrected chi connectivity index (χ2v) is 8.61. The number of piperazine rings is 1. The molecule has 0 N–H and O–H groups in total. The van der Waals surface area contributed by atoms with Gasteiger partial charge in [-0.05, 0) is 37.1 Å². The summed E-state index contributed by atoms with van der Waals surface area (Å²) in [6.07, 6.45) is 0.749. The molecule has 2 heterocycles. The topological polar surface area (TPSA) is 78.0 Å². The van der Waals surface area contributed by atoms with Crippen LogP contribution in [0.5, 0.6) is 0 Å². The number of fused-ring (bicyclic) bond motifs is 1. The van der Waals surface area contributed by atoms with Crippen molar-refractivity contribution in [1.29, 1.82) is 0 Å². The van der Waals surface area contributed by atoms with Crippen molar-refractivity contribution in [2.75, 3.05) is 43.4 Å². The molecule has 1 aromatic carbocycles. The van der Waals surface area contributed by atoms with E-state index in [4.69, 9.17) is 0 Å². The molecule has 8 heteroatoms. The van der Waals surface area contributed by atoms with Crippen LogP contribution in [0.15, 0.2) is 18.2 Å². The minimum absolute atomic E-state index is 0.00563. The Bertz CT molecular complexity index is 798. The third-order valence-corrected chi connectivity index (χ3v) is 6.77. The van der Waals surface area contributed by atoms with Crippen LogP contribution in [0.3, 0.4) is 0 Å². The van der Waals surface area contributed by atoms with E-state index in [1.807, 2.05) is 12.1 Å². The highest BCUT2D eigenvalue weighted by Gasteiger charge is 2.29. The highest BCUT2D eigenvalue weighted by molar-refractivity contribution is 7.89. The fourth-order valence-corrected chi connectivity index (χ4v) is 4.48. The molecule has 1 aromatic rings. The highest BCUT2D eigenvalue weighted by atomic mass is 32.2. The lowest BCUT2D eigenvalue weighted by Gasteiger charge is -2.34. The third kappa shape index (κ3) is 3.41. The molecule has 2 amide bonds. The van der Waals surface area contributed by atoms with Crippen molar-refractivity contribution in [3.8, 4) is 0 Å². The summed E-state index contributed by atoms with van der Waals surface area (Å²) >= 11 is 0. The number of sulfonamides is 1. The van der Waals surface area contributed by atoms with Crippen LogP contribution in [0, 0.1) is 0 Å². The maximum Gasteiger partial charge on any atom is 0.253 e. The van der Waals surface area contributed by atoms with Crippen molar-refractivity contribution in [3.05, 3.63) is 29.3 Å². The molecule has 0 bridgehead atoms. The Morgan fingerprint density at radius 3 is 2.36 bits per heavy atom. The number of rotatable bonds is 3. The van der Waals surface area contributed by atoms with Gasteiger partial charge >= 0.3 is 0 Å². The molecule has 0 saturated carbocycles. The van der Waals surface area contributed by atoms with Crippen molar-refractivity contribution >= 4 is 27.5 Å². The number of carbonyl (C=O) groups is 2. The Morgan fingerprint density at radius 1 is 1.08 bits per heavy atom. The van der Waals surface area contributed by atoms with E-state index in [0.29, 0.717) is 38.3 Å². The molecule has 0 atom stereocenters. The van der Waals surface area contributed by atoms with Gasteiger partial charge in [0.15, 0.2) is 0 Å². The lowest BCUT2D eigenvalue weighted by molar-refractivity contribution is -0.116. The molecule has 25 heavy (non-hydrogen) atoms. The van der Waals surface area contributed by atoms with Gasteiger partial charge in [0.25, 0.3) is 5.91 Å². The van der Waals surface area contributed by atoms with Gasteiger partial charge in [-0.2, -0.15) is 4.31 Å². The Hall–Kier alpha value is -1.93. The van der Waals surface area contributed by atoms with Gasteiger partial charge in [-0.1, -0.05) is 0 Å². The van der Waals surface area contributed by atoms with Crippen molar-refractivity contribution in [2.24, 2.45) is 0 Å². The minimum atomic E-state index is -3.20. The molecule has 1 saturated heterocycles. The highest BCUT2D eigenvalue weighted by Crippen LogP contribution is 2.29. The molecular weight excluding hydrogens is 342 g/mol. The summed E-state index contributed by atoms with van der Waals surface area (Å²) < 4.78 is 25.3. The quantitative estimate of drug-likeness (QED) is 0.790. The van der Waals surface area contributed by atoms with E-state index < -0.39 is 10.0 Å². The molecule has 2 aliphatic heterocycles. The van der Waals surface area contributed by atoms with Crippen molar-refractivity contribution in [3.63, 3.8) is 0 Å². The SMILES string of the molecule is CCS(=O)(=O)N1CCN(C(=O)c2ccc3c(c2)CCN3C(C)=O)CC1. The summed E-state index contributed by atoms with van der Waals surface area (Å²) in [5.41, 5.74) is 2.48. The average molecular weight is 365 g/mol. The van der Waals surface area contributed by atoms with Crippen LogP contribution in [0.1, 0.15) is 29.8 Å². The fraction of sp³-hybridized carbons (Fsp3) is 0.529. The first kappa shape index (κ1) is 17.9. The molecule has 0 aliphatic carbocycles. The van der Waals surface area contributed by atoms with Crippen molar-refractivity contribution in [2.45, 2.75) is 20.3 Å². The monoisotopic (exact) mass is 365 g/mol. The Kier molecular flexibility index (Phi) is 4.83. The molecule has 3 rings (SSSR count). The van der Waals surface area contributed by atoms with Gasteiger partial charge in [0.05, 0.1) is 5.75 Å². The molecular formula is C17H23N3O4S. The first-order chi connectivity index (χ1) is 11.8. The summed E-state index contributed by atoms with van der Waals surface area (Å²) in [4.78, 5) is 27.7. The summed E-state index contributed by atoms with van der Waals surface area (Å²) in [5.74, 6) is 0.00186. The smallest absolute Gasteiger partial charge is 0.253 e. The summed E-state index contributed by atoms with van der Waals surface area (Å²) in [6.45, 7) is 5.29. The third-order valence-electron chi connectivity index (χ3n) is 4.89. The Balaban J connectivity index is 1.70. The van der Waals surface area contributed by atoms with Crippen LogP contribution in [-0.2, 0) is 21.2 Å². The molecule has 136 valence electrons. The number of benzene rings is 1. The summed E-state index contributed by atoms with van der Waals surface area (Å²) in [7, 11) is -3.20. The Morgan fingerprint density at radius 2 is 1.76 bits per heavy atom. The average Bonchev–Trinajstić information content (AvgIpc) is 3.04. The van der Waals surface area contributed by atoms with E-state index in [-0.39, 0.29) is 17.6 Å². The zero-order valence-electron chi connectivity index (χ0n) is 14.6. The van der Waals surface area contributed by atoms with Crippen molar-refractivity contribution in [1.82, 2.24) is 9.21 Å². The van der Waals surface area contributed by atoms with E-state index in [0.717, 1.165) is 17.7 Å². The maximum atomic E-state index is 12.7. The minimum Gasteiger partial charge on any atom is -0.336 e. The molecule has 7 nitrogen and oxygen atoms in total. The number of anilines is 1. The van der Waals surface area contributed by atoms with Gasteiger partial charge in [0, 0.05) is 50.9 Å². The summed E-state index contributed by atoms with van der Waals surface area (Å²) in [6, 6.07) is 5.43. The predicted octanol–water partition coefficient (Wildman–Crippen LogP) is 0.703. The molecule has 2 aliphatic rings. The zero-order valence-corrected chi connectivity index (χ0v) is 15.4. The van der Waals surface area contributed by atoms with Crippen LogP contribution < -0.4 is 4.90 Å². The second-order valence-electron chi connectivity index (χ2n) is 6.36. The molecule has 1 fully saturated rings. The lowest BCUT2D eigenvalue weighted by atomic mass is 10.1. The Labute approximate surface area is 148 Å². The zero-order chi connectivity index (χ0) is 18.2. The van der Waals surface area contributed by atoms with Crippen LogP contribution >= 0.6 is 0 Å². The van der Waals surface area contributed by atoms with Crippen LogP contribution in [0.25, 0.3) is 0 Å². The number of amides is 2. The largest absolute Gasteiger partial charge is 0.336 e. The van der Waals surface area contributed by atoms with Gasteiger partial charge < -0.3 is 9.80 Å². The van der Waals surface area contributed by atoms with Crippen molar-refractivity contribution < 1.29 is 18.0 Å². The number of hydrogen-bond donors (Lipinski definition) is 0. The lowest BCUT2D eigenvalue weighted by Crippen LogP contribution is -2.50.